The van der Waals surface area contributed by atoms with Crippen molar-refractivity contribution in [2.75, 3.05) is 39.4 Å². The van der Waals surface area contributed by atoms with Gasteiger partial charge in [0.1, 0.15) is 61.0 Å². The van der Waals surface area contributed by atoms with Crippen LogP contribution in [0.25, 0.3) is 0 Å². The maximum atomic E-state index is 12.8. The largest absolute Gasteiger partial charge is 0.394 e. The molecule has 0 bridgehead atoms. The second kappa shape index (κ2) is 20.3. The molecule has 3 heterocycles. The van der Waals surface area contributed by atoms with Crippen molar-refractivity contribution in [2.45, 2.75) is 141 Å². The van der Waals surface area contributed by atoms with Gasteiger partial charge in [-0.05, 0) is 12.8 Å². The van der Waals surface area contributed by atoms with E-state index in [4.69, 9.17) is 62.2 Å². The first-order chi connectivity index (χ1) is 25.6. The third kappa shape index (κ3) is 10.6. The van der Waals surface area contributed by atoms with E-state index in [-0.39, 0.29) is 32.5 Å². The first kappa shape index (κ1) is 45.3. The lowest BCUT2D eigenvalue weighted by molar-refractivity contribution is -0.296. The van der Waals surface area contributed by atoms with Crippen LogP contribution in [0, 0.1) is 0 Å². The Labute approximate surface area is 310 Å². The first-order valence-corrected chi connectivity index (χ1v) is 17.8. The molecule has 4 fully saturated rings. The van der Waals surface area contributed by atoms with Gasteiger partial charge in [0.15, 0.2) is 25.0 Å². The summed E-state index contributed by atoms with van der Waals surface area (Å²) in [6, 6.07) is -4.60. The number of carbonyl (C=O) groups is 1. The van der Waals surface area contributed by atoms with Crippen LogP contribution >= 0.6 is 0 Å². The third-order valence-electron chi connectivity index (χ3n) is 10.1. The molecule has 1 saturated carbocycles. The number of amides is 1. The molecule has 21 atom stereocenters. The molecule has 22 N–H and O–H groups in total. The first-order valence-electron chi connectivity index (χ1n) is 17.8. The average Bonchev–Trinajstić information content (AvgIpc) is 3.45. The number of rotatable bonds is 17. The molecule has 4 aliphatic rings. The second-order valence-corrected chi connectivity index (χ2v) is 14.1. The highest BCUT2D eigenvalue weighted by Crippen LogP contribution is 2.34. The van der Waals surface area contributed by atoms with E-state index in [1.54, 1.807) is 0 Å². The van der Waals surface area contributed by atoms with E-state index < -0.39 is 154 Å². The summed E-state index contributed by atoms with van der Waals surface area (Å²) in [7, 11) is 0. The van der Waals surface area contributed by atoms with E-state index >= 15 is 0 Å². The molecule has 4 rings (SSSR count). The van der Waals surface area contributed by atoms with Gasteiger partial charge in [-0.1, -0.05) is 0 Å². The Bertz CT molecular complexity index is 1160. The van der Waals surface area contributed by atoms with Crippen LogP contribution in [0.4, 0.5) is 0 Å². The van der Waals surface area contributed by atoms with E-state index in [1.807, 2.05) is 0 Å². The summed E-state index contributed by atoms with van der Waals surface area (Å²) in [4.78, 5) is 12.8. The maximum absolute atomic E-state index is 12.8. The smallest absolute Gasteiger partial charge is 0.251 e. The minimum atomic E-state index is -1.97. The zero-order valence-electron chi connectivity index (χ0n) is 29.5. The summed E-state index contributed by atoms with van der Waals surface area (Å²) in [5, 5.41) is 109. The van der Waals surface area contributed by atoms with E-state index in [0.717, 1.165) is 0 Å². The Balaban J connectivity index is 1.55. The van der Waals surface area contributed by atoms with Gasteiger partial charge in [0.25, 0.3) is 5.91 Å². The molecule has 24 heteroatoms. The molecule has 3 aliphatic heterocycles. The van der Waals surface area contributed by atoms with Crippen molar-refractivity contribution in [3.8, 4) is 0 Å². The van der Waals surface area contributed by atoms with Crippen LogP contribution in [0.2, 0.25) is 0 Å². The molecule has 3 saturated heterocycles. The highest BCUT2D eigenvalue weighted by Gasteiger charge is 2.54. The molecule has 54 heavy (non-hydrogen) atoms. The van der Waals surface area contributed by atoms with Gasteiger partial charge in [0.05, 0.1) is 49.7 Å². The van der Waals surface area contributed by atoms with Gasteiger partial charge in [-0.15, -0.1) is 0 Å². The topological polar surface area (TPSA) is 429 Å². The molecule has 0 radical (unpaired) electrons. The molecule has 316 valence electrons. The molecule has 1 amide bonds. The van der Waals surface area contributed by atoms with Gasteiger partial charge in [-0.2, -0.15) is 0 Å². The van der Waals surface area contributed by atoms with E-state index in [0.29, 0.717) is 0 Å². The highest BCUT2D eigenvalue weighted by molar-refractivity contribution is 5.81. The predicted molar refractivity (Wildman–Crippen MR) is 179 cm³/mol. The molecule has 0 aromatic heterocycles. The lowest BCUT2D eigenvalue weighted by Gasteiger charge is -2.47. The molecule has 0 aromatic carbocycles. The lowest BCUT2D eigenvalue weighted by Crippen LogP contribution is -2.67. The van der Waals surface area contributed by atoms with Crippen LogP contribution in [0.1, 0.15) is 12.8 Å². The van der Waals surface area contributed by atoms with Gasteiger partial charge in [0.2, 0.25) is 0 Å². The SMILES string of the molecule is NC[C@@H]1O[C@H](O[C@H]2[C@@H](O)[C@H](O[C@@H]3[C@@H](O)[C@H](NC(=O)[C@@H](O)[C@@H](O)CN)C[C@H](N)[C@H]3O[C@H]3O[C@H](CNCC(O)CO)[C@@H](O)C[C@H]3N)O[C@@H]2CO)[C@H](N)[C@@H](O)[C@@H]1O. The minimum absolute atomic E-state index is 0.0115. The summed E-state index contributed by atoms with van der Waals surface area (Å²) in [6.45, 7) is -1.91. The molecule has 1 aliphatic carbocycles. The molecular weight excluding hydrogens is 730 g/mol. The zero-order valence-corrected chi connectivity index (χ0v) is 29.5. The van der Waals surface area contributed by atoms with Gasteiger partial charge in [-0.3, -0.25) is 4.79 Å². The number of ether oxygens (including phenoxy) is 6. The quantitative estimate of drug-likeness (QED) is 0.0650. The third-order valence-corrected chi connectivity index (χ3v) is 10.1. The van der Waals surface area contributed by atoms with Crippen molar-refractivity contribution in [2.24, 2.45) is 28.7 Å². The van der Waals surface area contributed by atoms with Crippen molar-refractivity contribution in [3.05, 3.63) is 0 Å². The fraction of sp³-hybridized carbons (Fsp3) is 0.967. The monoisotopic (exact) mass is 789 g/mol. The summed E-state index contributed by atoms with van der Waals surface area (Å²) in [5.74, 6) is -1.09. The normalized spacial score (nSPS) is 44.8. The number of nitrogens with two attached hydrogens (primary N) is 5. The number of aliphatic hydroxyl groups excluding tert-OH is 10. The van der Waals surface area contributed by atoms with E-state index in [2.05, 4.69) is 10.6 Å². The van der Waals surface area contributed by atoms with Crippen LogP contribution < -0.4 is 39.3 Å². The van der Waals surface area contributed by atoms with Crippen LogP contribution in [-0.4, -0.2) is 225 Å². The molecular formula is C30H59N7O17. The zero-order chi connectivity index (χ0) is 40.0. The Hall–Kier alpha value is -1.41. The average molecular weight is 790 g/mol. The minimum Gasteiger partial charge on any atom is -0.394 e. The molecule has 0 spiro atoms. The van der Waals surface area contributed by atoms with Gasteiger partial charge >= 0.3 is 0 Å². The van der Waals surface area contributed by atoms with Gasteiger partial charge < -0.3 is 119 Å². The van der Waals surface area contributed by atoms with Crippen LogP contribution in [0.5, 0.6) is 0 Å². The number of hydrogen-bond acceptors (Lipinski definition) is 23. The number of carbonyl (C=O) groups excluding carboxylic acids is 1. The summed E-state index contributed by atoms with van der Waals surface area (Å²) in [5.41, 5.74) is 29.8. The summed E-state index contributed by atoms with van der Waals surface area (Å²) >= 11 is 0. The van der Waals surface area contributed by atoms with Crippen molar-refractivity contribution in [1.82, 2.24) is 10.6 Å². The highest BCUT2D eigenvalue weighted by atomic mass is 16.8. The van der Waals surface area contributed by atoms with Crippen LogP contribution in [0.15, 0.2) is 0 Å². The molecule has 1 unspecified atom stereocenters. The fourth-order valence-corrected chi connectivity index (χ4v) is 6.83. The predicted octanol–water partition coefficient (Wildman–Crippen LogP) is -11.0. The van der Waals surface area contributed by atoms with Gasteiger partial charge in [0, 0.05) is 32.2 Å². The summed E-state index contributed by atoms with van der Waals surface area (Å²) in [6.07, 6.45) is -24.4. The lowest BCUT2D eigenvalue weighted by atomic mass is 9.83. The van der Waals surface area contributed by atoms with Crippen molar-refractivity contribution in [3.63, 3.8) is 0 Å². The van der Waals surface area contributed by atoms with E-state index in [1.165, 1.54) is 0 Å². The van der Waals surface area contributed by atoms with Crippen molar-refractivity contribution < 1.29 is 84.3 Å². The van der Waals surface area contributed by atoms with Crippen molar-refractivity contribution in [1.29, 1.82) is 0 Å². The van der Waals surface area contributed by atoms with Crippen molar-refractivity contribution >= 4 is 5.91 Å². The standard InChI is InChI=1S/C30H59N7O17/c31-3-14(42)20(44)27(48)37-12-1-10(33)24(52-28-11(34)2-13(41)16(50-28)6-36-5-9(40)7-38)26(19(12)43)54-30-23(47)25(17(8-39)51-30)53-29-18(35)22(46)21(45)15(4-32)49-29/h9-26,28-30,36,38-47H,1-8,31-35H2,(H,37,48)/t9?,10-,11+,12+,13-,14-,15-,16+,17+,18+,19-,20-,21+,22+,23+,24+,25+,26+,28+,29+,30-/m0/s1. The molecule has 0 aromatic rings. The maximum Gasteiger partial charge on any atom is 0.251 e. The van der Waals surface area contributed by atoms with Crippen LogP contribution in [-0.2, 0) is 33.2 Å². The fourth-order valence-electron chi connectivity index (χ4n) is 6.83. The van der Waals surface area contributed by atoms with Crippen LogP contribution in [0.3, 0.4) is 0 Å². The second-order valence-electron chi connectivity index (χ2n) is 14.1. The molecule has 24 nitrogen and oxygen atoms in total. The number of hydrogen-bond donors (Lipinski definition) is 17. The number of aliphatic hydroxyl groups is 10. The Kier molecular flexibility index (Phi) is 17.1. The Morgan fingerprint density at radius 3 is 2.00 bits per heavy atom. The van der Waals surface area contributed by atoms with E-state index in [9.17, 15) is 50.8 Å². The summed E-state index contributed by atoms with van der Waals surface area (Å²) < 4.78 is 35.5. The Morgan fingerprint density at radius 1 is 0.741 bits per heavy atom. The van der Waals surface area contributed by atoms with Gasteiger partial charge in [-0.25, -0.2) is 0 Å². The Morgan fingerprint density at radius 2 is 1.37 bits per heavy atom. The number of nitrogens with one attached hydrogen (secondary N) is 2.